The number of benzene rings is 1. The van der Waals surface area contributed by atoms with Gasteiger partial charge in [-0.25, -0.2) is 0 Å². The first-order valence-corrected chi connectivity index (χ1v) is 3.89. The van der Waals surface area contributed by atoms with Crippen molar-refractivity contribution in [2.75, 3.05) is 14.1 Å². The van der Waals surface area contributed by atoms with Crippen molar-refractivity contribution < 1.29 is 4.92 Å². The van der Waals surface area contributed by atoms with Gasteiger partial charge in [-0.1, -0.05) is 12.1 Å². The quantitative estimate of drug-likeness (QED) is 0.521. The normalized spacial score (nSPS) is 10.4. The van der Waals surface area contributed by atoms with E-state index < -0.39 is 0 Å². The van der Waals surface area contributed by atoms with Crippen LogP contribution in [-0.2, 0) is 6.54 Å². The Labute approximate surface area is 76.9 Å². The van der Waals surface area contributed by atoms with Gasteiger partial charge in [0.2, 0.25) is 0 Å². The van der Waals surface area contributed by atoms with Crippen LogP contribution in [0.2, 0.25) is 0 Å². The zero-order valence-electron chi connectivity index (χ0n) is 7.65. The van der Waals surface area contributed by atoms with Crippen LogP contribution in [0.15, 0.2) is 18.2 Å². The first-order valence-electron chi connectivity index (χ1n) is 3.89. The molecule has 69 valence electrons. The molecule has 0 aliphatic carbocycles. The maximum atomic E-state index is 10.6. The van der Waals surface area contributed by atoms with Crippen molar-refractivity contribution in [2.45, 2.75) is 6.54 Å². The largest absolute Gasteiger partial charge is 0.305 e. The molecule has 1 rings (SSSR count). The Morgan fingerprint density at radius 3 is 2.85 bits per heavy atom. The van der Waals surface area contributed by atoms with Gasteiger partial charge in [0.15, 0.2) is 0 Å². The maximum absolute atomic E-state index is 10.6. The number of nitro groups is 1. The molecule has 4 nitrogen and oxygen atoms in total. The second-order valence-corrected chi connectivity index (χ2v) is 3.05. The van der Waals surface area contributed by atoms with Gasteiger partial charge >= 0.3 is 0 Å². The van der Waals surface area contributed by atoms with Gasteiger partial charge in [0.1, 0.15) is 0 Å². The highest BCUT2D eigenvalue weighted by Gasteiger charge is 2.11. The molecule has 1 aromatic carbocycles. The van der Waals surface area contributed by atoms with Gasteiger partial charge in [0, 0.05) is 18.2 Å². The van der Waals surface area contributed by atoms with Crippen molar-refractivity contribution in [2.24, 2.45) is 0 Å². The minimum atomic E-state index is -0.380. The number of hydrogen-bond donors (Lipinski definition) is 0. The van der Waals surface area contributed by atoms with Crippen molar-refractivity contribution >= 4 is 5.69 Å². The molecule has 4 heteroatoms. The zero-order valence-corrected chi connectivity index (χ0v) is 7.65. The lowest BCUT2D eigenvalue weighted by molar-refractivity contribution is -0.385. The minimum absolute atomic E-state index is 0.135. The molecule has 0 N–H and O–H groups in total. The molecule has 0 amide bonds. The second kappa shape index (κ2) is 4.00. The SMILES string of the molecule is CN(C)Cc1cc[c]cc1[N+](=O)[O-]. The number of rotatable bonds is 3. The number of hydrogen-bond acceptors (Lipinski definition) is 3. The second-order valence-electron chi connectivity index (χ2n) is 3.05. The van der Waals surface area contributed by atoms with Crippen LogP contribution in [0.5, 0.6) is 0 Å². The van der Waals surface area contributed by atoms with E-state index in [0.29, 0.717) is 12.1 Å². The zero-order chi connectivity index (χ0) is 9.84. The van der Waals surface area contributed by atoms with Crippen LogP contribution in [-0.4, -0.2) is 23.9 Å². The van der Waals surface area contributed by atoms with Crippen molar-refractivity contribution in [3.63, 3.8) is 0 Å². The Balaban J connectivity index is 2.98. The molecular weight excluding hydrogens is 168 g/mol. The predicted octanol–water partition coefficient (Wildman–Crippen LogP) is 1.46. The lowest BCUT2D eigenvalue weighted by Gasteiger charge is -2.08. The van der Waals surface area contributed by atoms with E-state index in [1.54, 1.807) is 12.1 Å². The number of nitro benzene ring substituents is 1. The first-order chi connectivity index (χ1) is 6.11. The minimum Gasteiger partial charge on any atom is -0.305 e. The molecule has 0 fully saturated rings. The standard InChI is InChI=1S/C9H11N2O2/c1-10(2)7-8-5-3-4-6-9(8)11(12)13/h3,5-6H,7H2,1-2H3. The molecule has 0 aromatic heterocycles. The van der Waals surface area contributed by atoms with Gasteiger partial charge < -0.3 is 4.90 Å². The molecule has 1 aromatic rings. The summed E-state index contributed by atoms with van der Waals surface area (Å²) in [6.45, 7) is 0.574. The Kier molecular flexibility index (Phi) is 2.97. The summed E-state index contributed by atoms with van der Waals surface area (Å²) in [4.78, 5) is 12.1. The fourth-order valence-corrected chi connectivity index (χ4v) is 1.10. The highest BCUT2D eigenvalue weighted by Crippen LogP contribution is 2.17. The van der Waals surface area contributed by atoms with Crippen LogP contribution in [0, 0.1) is 16.2 Å². The van der Waals surface area contributed by atoms with Gasteiger partial charge in [-0.15, -0.1) is 0 Å². The molecule has 13 heavy (non-hydrogen) atoms. The van der Waals surface area contributed by atoms with E-state index in [4.69, 9.17) is 0 Å². The average Bonchev–Trinajstić information content (AvgIpc) is 2.03. The van der Waals surface area contributed by atoms with Gasteiger partial charge in [0.05, 0.1) is 4.92 Å². The van der Waals surface area contributed by atoms with Crippen LogP contribution in [0.3, 0.4) is 0 Å². The van der Waals surface area contributed by atoms with Crippen molar-refractivity contribution in [3.05, 3.63) is 39.9 Å². The third-order valence-electron chi connectivity index (χ3n) is 1.61. The van der Waals surface area contributed by atoms with E-state index in [1.807, 2.05) is 19.0 Å². The molecule has 0 saturated heterocycles. The van der Waals surface area contributed by atoms with Crippen molar-refractivity contribution in [3.8, 4) is 0 Å². The summed E-state index contributed by atoms with van der Waals surface area (Å²) >= 11 is 0. The van der Waals surface area contributed by atoms with Gasteiger partial charge in [-0.3, -0.25) is 10.1 Å². The summed E-state index contributed by atoms with van der Waals surface area (Å²) in [5.74, 6) is 0. The monoisotopic (exact) mass is 179 g/mol. The van der Waals surface area contributed by atoms with E-state index in [0.717, 1.165) is 0 Å². The van der Waals surface area contributed by atoms with Gasteiger partial charge in [-0.05, 0) is 20.2 Å². The van der Waals surface area contributed by atoms with Gasteiger partial charge in [-0.2, -0.15) is 0 Å². The summed E-state index contributed by atoms with van der Waals surface area (Å²) in [6.07, 6.45) is 0. The Bertz CT molecular complexity index is 310. The molecule has 0 aliphatic heterocycles. The molecule has 0 heterocycles. The highest BCUT2D eigenvalue weighted by atomic mass is 16.6. The summed E-state index contributed by atoms with van der Waals surface area (Å²) < 4.78 is 0. The summed E-state index contributed by atoms with van der Waals surface area (Å²) in [5.41, 5.74) is 0.852. The van der Waals surface area contributed by atoms with Crippen LogP contribution in [0.1, 0.15) is 5.56 Å². The first kappa shape index (κ1) is 9.67. The predicted molar refractivity (Wildman–Crippen MR) is 49.3 cm³/mol. The molecule has 0 aliphatic rings. The molecule has 0 saturated carbocycles. The average molecular weight is 179 g/mol. The highest BCUT2D eigenvalue weighted by molar-refractivity contribution is 5.39. The molecule has 0 spiro atoms. The third kappa shape index (κ3) is 2.52. The molecular formula is C9H11N2O2. The summed E-state index contributed by atoms with van der Waals surface area (Å²) in [5, 5.41) is 10.6. The Morgan fingerprint density at radius 1 is 1.62 bits per heavy atom. The molecule has 0 bridgehead atoms. The topological polar surface area (TPSA) is 46.4 Å². The third-order valence-corrected chi connectivity index (χ3v) is 1.61. The van der Waals surface area contributed by atoms with E-state index in [-0.39, 0.29) is 10.6 Å². The fourth-order valence-electron chi connectivity index (χ4n) is 1.10. The van der Waals surface area contributed by atoms with Crippen molar-refractivity contribution in [1.29, 1.82) is 0 Å². The van der Waals surface area contributed by atoms with E-state index in [1.165, 1.54) is 6.07 Å². The van der Waals surface area contributed by atoms with E-state index in [2.05, 4.69) is 6.07 Å². The smallest absolute Gasteiger partial charge is 0.274 e. The van der Waals surface area contributed by atoms with E-state index in [9.17, 15) is 10.1 Å². The Morgan fingerprint density at radius 2 is 2.31 bits per heavy atom. The molecule has 0 unspecified atom stereocenters. The lowest BCUT2D eigenvalue weighted by Crippen LogP contribution is -2.11. The molecule has 1 radical (unpaired) electrons. The maximum Gasteiger partial charge on any atom is 0.274 e. The Hall–Kier alpha value is -1.42. The van der Waals surface area contributed by atoms with Crippen LogP contribution in [0.4, 0.5) is 5.69 Å². The molecule has 0 atom stereocenters. The summed E-state index contributed by atoms with van der Waals surface area (Å²) in [7, 11) is 3.75. The lowest BCUT2D eigenvalue weighted by atomic mass is 10.2. The van der Waals surface area contributed by atoms with Crippen LogP contribution >= 0.6 is 0 Å². The van der Waals surface area contributed by atoms with Crippen LogP contribution < -0.4 is 0 Å². The van der Waals surface area contributed by atoms with Crippen molar-refractivity contribution in [1.82, 2.24) is 4.90 Å². The summed E-state index contributed by atoms with van der Waals surface area (Å²) in [6, 6.07) is 7.50. The van der Waals surface area contributed by atoms with Crippen LogP contribution in [0.25, 0.3) is 0 Å². The fraction of sp³-hybridized carbons (Fsp3) is 0.333. The van der Waals surface area contributed by atoms with Gasteiger partial charge in [0.25, 0.3) is 5.69 Å². The number of nitrogens with zero attached hydrogens (tertiary/aromatic N) is 2. The van der Waals surface area contributed by atoms with E-state index >= 15 is 0 Å².